The van der Waals surface area contributed by atoms with Gasteiger partial charge in [-0.3, -0.25) is 0 Å². The Morgan fingerprint density at radius 2 is 1.80 bits per heavy atom. The van der Waals surface area contributed by atoms with Crippen LogP contribution in [0.3, 0.4) is 0 Å². The lowest BCUT2D eigenvalue weighted by atomic mass is 10.1. The molecule has 0 amide bonds. The highest BCUT2D eigenvalue weighted by atomic mass is 16.5. The van der Waals surface area contributed by atoms with Crippen molar-refractivity contribution in [3.8, 4) is 23.2 Å². The van der Waals surface area contributed by atoms with E-state index in [0.29, 0.717) is 12.2 Å². The van der Waals surface area contributed by atoms with E-state index in [9.17, 15) is 0 Å². The summed E-state index contributed by atoms with van der Waals surface area (Å²) in [5.74, 6) is 1.60. The fourth-order valence-electron chi connectivity index (χ4n) is 2.66. The second-order valence-electron chi connectivity index (χ2n) is 5.73. The molecule has 0 saturated heterocycles. The number of nitrogens with one attached hydrogen (secondary N) is 1. The quantitative estimate of drug-likeness (QED) is 0.592. The minimum Gasteiger partial charge on any atom is -0.489 e. The van der Waals surface area contributed by atoms with Gasteiger partial charge in [-0.15, -0.1) is 0 Å². The summed E-state index contributed by atoms with van der Waals surface area (Å²) in [6.07, 6.45) is 0. The second-order valence-corrected chi connectivity index (χ2v) is 5.73. The maximum absolute atomic E-state index is 8.84. The van der Waals surface area contributed by atoms with Crippen molar-refractivity contribution in [2.45, 2.75) is 6.61 Å². The highest BCUT2D eigenvalue weighted by molar-refractivity contribution is 5.79. The molecule has 0 fully saturated rings. The summed E-state index contributed by atoms with van der Waals surface area (Å²) in [5.41, 5.74) is 4.61. The number of hydrogen-bond acceptors (Lipinski definition) is 3. The van der Waals surface area contributed by atoms with Crippen LogP contribution in [0.2, 0.25) is 0 Å². The number of para-hydroxylation sites is 2. The van der Waals surface area contributed by atoms with Crippen molar-refractivity contribution in [2.75, 3.05) is 0 Å². The van der Waals surface area contributed by atoms with Gasteiger partial charge in [0.25, 0.3) is 0 Å². The molecule has 120 valence electrons. The number of imidazole rings is 1. The van der Waals surface area contributed by atoms with Crippen LogP contribution in [0.4, 0.5) is 0 Å². The van der Waals surface area contributed by atoms with Crippen molar-refractivity contribution in [1.82, 2.24) is 9.97 Å². The molecule has 0 spiro atoms. The number of rotatable bonds is 4. The summed E-state index contributed by atoms with van der Waals surface area (Å²) >= 11 is 0. The lowest BCUT2D eigenvalue weighted by Gasteiger charge is -2.07. The average molecular weight is 325 g/mol. The zero-order chi connectivity index (χ0) is 17.1. The van der Waals surface area contributed by atoms with Crippen LogP contribution in [-0.2, 0) is 6.61 Å². The van der Waals surface area contributed by atoms with E-state index in [0.717, 1.165) is 33.7 Å². The van der Waals surface area contributed by atoms with Gasteiger partial charge in [0, 0.05) is 5.56 Å². The summed E-state index contributed by atoms with van der Waals surface area (Å²) in [5, 5.41) is 8.84. The monoisotopic (exact) mass is 325 g/mol. The van der Waals surface area contributed by atoms with Crippen molar-refractivity contribution >= 4 is 11.0 Å². The predicted molar refractivity (Wildman–Crippen MR) is 97.0 cm³/mol. The molecule has 4 rings (SSSR count). The molecule has 0 radical (unpaired) electrons. The number of fused-ring (bicyclic) bond motifs is 1. The lowest BCUT2D eigenvalue weighted by molar-refractivity contribution is 0.306. The second kappa shape index (κ2) is 6.50. The fraction of sp³-hybridized carbons (Fsp3) is 0.0476. The third-order valence-electron chi connectivity index (χ3n) is 3.99. The third-order valence-corrected chi connectivity index (χ3v) is 3.99. The zero-order valence-corrected chi connectivity index (χ0v) is 13.4. The Hall–Kier alpha value is -3.58. The molecule has 25 heavy (non-hydrogen) atoms. The van der Waals surface area contributed by atoms with Crippen molar-refractivity contribution in [1.29, 1.82) is 5.26 Å². The van der Waals surface area contributed by atoms with Gasteiger partial charge < -0.3 is 9.72 Å². The normalized spacial score (nSPS) is 10.5. The number of nitriles is 1. The smallest absolute Gasteiger partial charge is 0.138 e. The Bertz CT molecular complexity index is 1030. The van der Waals surface area contributed by atoms with E-state index < -0.39 is 0 Å². The molecule has 3 aromatic carbocycles. The molecule has 4 aromatic rings. The number of aromatic amines is 1. The molecular formula is C21H15N3O. The van der Waals surface area contributed by atoms with E-state index in [1.54, 1.807) is 12.1 Å². The highest BCUT2D eigenvalue weighted by Gasteiger charge is 2.06. The van der Waals surface area contributed by atoms with Crippen molar-refractivity contribution in [3.05, 3.63) is 83.9 Å². The first-order valence-electron chi connectivity index (χ1n) is 7.99. The maximum Gasteiger partial charge on any atom is 0.138 e. The average Bonchev–Trinajstić information content (AvgIpc) is 3.11. The fourth-order valence-corrected chi connectivity index (χ4v) is 2.66. The largest absolute Gasteiger partial charge is 0.489 e. The molecule has 0 atom stereocenters. The van der Waals surface area contributed by atoms with Gasteiger partial charge in [0.05, 0.1) is 22.7 Å². The molecule has 0 bridgehead atoms. The van der Waals surface area contributed by atoms with E-state index in [1.807, 2.05) is 60.7 Å². The van der Waals surface area contributed by atoms with E-state index in [-0.39, 0.29) is 0 Å². The summed E-state index contributed by atoms with van der Waals surface area (Å²) in [4.78, 5) is 7.95. The lowest BCUT2D eigenvalue weighted by Crippen LogP contribution is -1.95. The first-order chi connectivity index (χ1) is 12.3. The predicted octanol–water partition coefficient (Wildman–Crippen LogP) is 4.68. The number of H-pyrrole nitrogens is 1. The van der Waals surface area contributed by atoms with Gasteiger partial charge in [0.15, 0.2) is 0 Å². The van der Waals surface area contributed by atoms with E-state index >= 15 is 0 Å². The molecule has 0 aliphatic rings. The van der Waals surface area contributed by atoms with Gasteiger partial charge >= 0.3 is 0 Å². The molecular weight excluding hydrogens is 310 g/mol. The van der Waals surface area contributed by atoms with Crippen molar-refractivity contribution in [2.24, 2.45) is 0 Å². The number of benzene rings is 3. The number of aromatic nitrogens is 2. The van der Waals surface area contributed by atoms with Crippen LogP contribution < -0.4 is 4.74 Å². The topological polar surface area (TPSA) is 61.7 Å². The SMILES string of the molecule is N#Cc1ccc(COc2cccc(-c3nc4ccccc4[nH]3)c2)cc1. The minimum atomic E-state index is 0.454. The van der Waals surface area contributed by atoms with Gasteiger partial charge in [-0.25, -0.2) is 4.98 Å². The third kappa shape index (κ3) is 3.22. The first-order valence-corrected chi connectivity index (χ1v) is 7.99. The standard InChI is InChI=1S/C21H15N3O/c22-13-15-8-10-16(11-9-15)14-25-18-5-3-4-17(12-18)21-23-19-6-1-2-7-20(19)24-21/h1-12H,14H2,(H,23,24). The van der Waals surface area contributed by atoms with Crippen molar-refractivity contribution in [3.63, 3.8) is 0 Å². The molecule has 0 saturated carbocycles. The maximum atomic E-state index is 8.84. The van der Waals surface area contributed by atoms with Crippen LogP contribution in [0, 0.1) is 11.3 Å². The van der Waals surface area contributed by atoms with E-state index in [4.69, 9.17) is 10.00 Å². The molecule has 0 aliphatic heterocycles. The zero-order valence-electron chi connectivity index (χ0n) is 13.4. The van der Waals surface area contributed by atoms with Crippen molar-refractivity contribution < 1.29 is 4.74 Å². The van der Waals surface area contributed by atoms with Crippen LogP contribution in [0.25, 0.3) is 22.4 Å². The molecule has 4 nitrogen and oxygen atoms in total. The van der Waals surface area contributed by atoms with Gasteiger partial charge in [-0.1, -0.05) is 36.4 Å². The molecule has 0 aliphatic carbocycles. The minimum absolute atomic E-state index is 0.454. The molecule has 0 unspecified atom stereocenters. The Morgan fingerprint density at radius 1 is 0.960 bits per heavy atom. The van der Waals surface area contributed by atoms with Gasteiger partial charge in [0.2, 0.25) is 0 Å². The summed E-state index contributed by atoms with van der Waals surface area (Å²) in [7, 11) is 0. The molecule has 1 N–H and O–H groups in total. The highest BCUT2D eigenvalue weighted by Crippen LogP contribution is 2.24. The van der Waals surface area contributed by atoms with Gasteiger partial charge in [0.1, 0.15) is 18.2 Å². The Labute approximate surface area is 145 Å². The van der Waals surface area contributed by atoms with Crippen LogP contribution in [0.15, 0.2) is 72.8 Å². The summed E-state index contributed by atoms with van der Waals surface area (Å²) < 4.78 is 5.88. The first kappa shape index (κ1) is 15.0. The Morgan fingerprint density at radius 3 is 2.60 bits per heavy atom. The van der Waals surface area contributed by atoms with Gasteiger partial charge in [-0.05, 0) is 42.0 Å². The molecule has 1 aromatic heterocycles. The van der Waals surface area contributed by atoms with Crippen LogP contribution in [0.5, 0.6) is 5.75 Å². The number of nitrogens with zero attached hydrogens (tertiary/aromatic N) is 2. The van der Waals surface area contributed by atoms with Crippen LogP contribution in [-0.4, -0.2) is 9.97 Å². The van der Waals surface area contributed by atoms with E-state index in [1.165, 1.54) is 0 Å². The number of hydrogen-bond donors (Lipinski definition) is 1. The van der Waals surface area contributed by atoms with E-state index in [2.05, 4.69) is 16.0 Å². The number of ether oxygens (including phenoxy) is 1. The molecule has 1 heterocycles. The Balaban J connectivity index is 1.53. The van der Waals surface area contributed by atoms with Crippen LogP contribution in [0.1, 0.15) is 11.1 Å². The molecule has 4 heteroatoms. The Kier molecular flexibility index (Phi) is 3.89. The summed E-state index contributed by atoms with van der Waals surface area (Å²) in [6.45, 7) is 0.454. The van der Waals surface area contributed by atoms with Gasteiger partial charge in [-0.2, -0.15) is 5.26 Å². The van der Waals surface area contributed by atoms with Crippen LogP contribution >= 0.6 is 0 Å². The summed E-state index contributed by atoms with van der Waals surface area (Å²) in [6, 6.07) is 25.3.